The normalized spacial score (nSPS) is 11.6. The molecule has 1 N–H and O–H groups in total. The van der Waals surface area contributed by atoms with Crippen molar-refractivity contribution in [3.8, 4) is 5.75 Å². The summed E-state index contributed by atoms with van der Waals surface area (Å²) in [5, 5.41) is 1.06. The summed E-state index contributed by atoms with van der Waals surface area (Å²) in [5.41, 5.74) is 1.49. The fourth-order valence-electron chi connectivity index (χ4n) is 1.55. The quantitative estimate of drug-likeness (QED) is 0.511. The molecule has 0 aliphatic carbocycles. The molecule has 94 valence electrons. The van der Waals surface area contributed by atoms with Crippen LogP contribution < -0.4 is 4.74 Å². The molecule has 0 saturated carbocycles. The molecule has 0 radical (unpaired) electrons. The van der Waals surface area contributed by atoms with Gasteiger partial charge in [-0.15, -0.1) is 0 Å². The van der Waals surface area contributed by atoms with Gasteiger partial charge in [0.05, 0.1) is 12.2 Å². The number of esters is 1. The molecule has 0 unspecified atom stereocenters. The zero-order valence-electron chi connectivity index (χ0n) is 10.4. The fraction of sp³-hybridized carbons (Fsp3) is 0.214. The molecule has 18 heavy (non-hydrogen) atoms. The second-order valence-electron chi connectivity index (χ2n) is 3.87. The number of ether oxygens (including phenoxy) is 2. The zero-order valence-corrected chi connectivity index (χ0v) is 10.4. The number of nitrogens with one attached hydrogen (secondary N) is 1. The molecule has 4 nitrogen and oxygen atoms in total. The minimum Gasteiger partial charge on any atom is -0.464 e. The number of benzene rings is 1. The molecule has 1 aromatic heterocycles. The summed E-state index contributed by atoms with van der Waals surface area (Å²) in [7, 11) is 0. The third kappa shape index (κ3) is 2.71. The van der Waals surface area contributed by atoms with Crippen LogP contribution in [0, 0.1) is 0 Å². The van der Waals surface area contributed by atoms with Crippen molar-refractivity contribution in [2.24, 2.45) is 0 Å². The van der Waals surface area contributed by atoms with Crippen LogP contribution >= 0.6 is 0 Å². The van der Waals surface area contributed by atoms with Crippen molar-refractivity contribution in [3.63, 3.8) is 0 Å². The second-order valence-corrected chi connectivity index (χ2v) is 3.87. The molecule has 1 heterocycles. The highest BCUT2D eigenvalue weighted by molar-refractivity contribution is 5.87. The SMILES string of the molecule is CCOC(=O)C(C)=COc1ccc2[nH]ccc2c1. The van der Waals surface area contributed by atoms with E-state index in [-0.39, 0.29) is 5.97 Å². The molecule has 0 aliphatic heterocycles. The summed E-state index contributed by atoms with van der Waals surface area (Å²) in [6.45, 7) is 3.79. The first kappa shape index (κ1) is 12.2. The predicted molar refractivity (Wildman–Crippen MR) is 69.3 cm³/mol. The van der Waals surface area contributed by atoms with E-state index in [0.29, 0.717) is 17.9 Å². The molecule has 0 atom stereocenters. The average Bonchev–Trinajstić information content (AvgIpc) is 2.83. The lowest BCUT2D eigenvalue weighted by Crippen LogP contribution is -2.06. The summed E-state index contributed by atoms with van der Waals surface area (Å²) >= 11 is 0. The number of hydrogen-bond donors (Lipinski definition) is 1. The molecule has 2 aromatic rings. The van der Waals surface area contributed by atoms with Crippen molar-refractivity contribution in [2.45, 2.75) is 13.8 Å². The fourth-order valence-corrected chi connectivity index (χ4v) is 1.55. The van der Waals surface area contributed by atoms with Gasteiger partial charge in [0, 0.05) is 17.1 Å². The van der Waals surface area contributed by atoms with Crippen LogP contribution in [0.25, 0.3) is 10.9 Å². The molecular weight excluding hydrogens is 230 g/mol. The summed E-state index contributed by atoms with van der Waals surface area (Å²) in [4.78, 5) is 14.5. The van der Waals surface area contributed by atoms with Crippen LogP contribution in [0.3, 0.4) is 0 Å². The van der Waals surface area contributed by atoms with Gasteiger partial charge in [0.15, 0.2) is 0 Å². The lowest BCUT2D eigenvalue weighted by molar-refractivity contribution is -0.138. The van der Waals surface area contributed by atoms with E-state index in [9.17, 15) is 4.79 Å². The van der Waals surface area contributed by atoms with Gasteiger partial charge in [-0.25, -0.2) is 4.79 Å². The summed E-state index contributed by atoms with van der Waals surface area (Å²) in [6, 6.07) is 7.64. The summed E-state index contributed by atoms with van der Waals surface area (Å²) in [5.74, 6) is 0.325. The van der Waals surface area contributed by atoms with Crippen molar-refractivity contribution in [1.82, 2.24) is 4.98 Å². The Hall–Kier alpha value is -2.23. The Morgan fingerprint density at radius 1 is 1.39 bits per heavy atom. The van der Waals surface area contributed by atoms with Crippen LogP contribution in [0.5, 0.6) is 5.75 Å². The van der Waals surface area contributed by atoms with Crippen LogP contribution in [-0.4, -0.2) is 17.6 Å². The molecule has 0 spiro atoms. The van der Waals surface area contributed by atoms with E-state index < -0.39 is 0 Å². The maximum Gasteiger partial charge on any atom is 0.336 e. The van der Waals surface area contributed by atoms with E-state index >= 15 is 0 Å². The molecular formula is C14H15NO3. The number of aromatic nitrogens is 1. The standard InChI is InChI=1S/C14H15NO3/c1-3-17-14(16)10(2)9-18-12-4-5-13-11(8-12)6-7-15-13/h4-9,15H,3H2,1-2H3. The molecule has 0 fully saturated rings. The van der Waals surface area contributed by atoms with Gasteiger partial charge in [0.1, 0.15) is 12.0 Å². The van der Waals surface area contributed by atoms with Crippen molar-refractivity contribution in [2.75, 3.05) is 6.61 Å². The van der Waals surface area contributed by atoms with E-state index in [0.717, 1.165) is 10.9 Å². The highest BCUT2D eigenvalue weighted by Gasteiger charge is 2.05. The van der Waals surface area contributed by atoms with Gasteiger partial charge < -0.3 is 14.5 Å². The van der Waals surface area contributed by atoms with E-state index in [4.69, 9.17) is 9.47 Å². The average molecular weight is 245 g/mol. The van der Waals surface area contributed by atoms with Gasteiger partial charge in [-0.3, -0.25) is 0 Å². The van der Waals surface area contributed by atoms with Crippen molar-refractivity contribution < 1.29 is 14.3 Å². The lowest BCUT2D eigenvalue weighted by Gasteiger charge is -2.03. The first-order valence-electron chi connectivity index (χ1n) is 5.78. The second kappa shape index (κ2) is 5.40. The molecule has 2 rings (SSSR count). The number of rotatable bonds is 4. The van der Waals surface area contributed by atoms with Crippen LogP contribution in [0.4, 0.5) is 0 Å². The molecule has 0 saturated heterocycles. The minimum atomic E-state index is -0.361. The predicted octanol–water partition coefficient (Wildman–Crippen LogP) is 3.01. The minimum absolute atomic E-state index is 0.360. The first-order chi connectivity index (χ1) is 8.70. The highest BCUT2D eigenvalue weighted by Crippen LogP contribution is 2.20. The summed E-state index contributed by atoms with van der Waals surface area (Å²) < 4.78 is 10.3. The van der Waals surface area contributed by atoms with E-state index in [1.807, 2.05) is 30.5 Å². The van der Waals surface area contributed by atoms with Gasteiger partial charge in [-0.1, -0.05) is 0 Å². The van der Waals surface area contributed by atoms with Gasteiger partial charge in [-0.05, 0) is 38.1 Å². The third-order valence-corrected chi connectivity index (χ3v) is 2.49. The van der Waals surface area contributed by atoms with Crippen molar-refractivity contribution in [3.05, 3.63) is 42.3 Å². The van der Waals surface area contributed by atoms with E-state index in [1.54, 1.807) is 13.8 Å². The topological polar surface area (TPSA) is 51.3 Å². The molecule has 0 amide bonds. The Bertz CT molecular complexity index is 583. The van der Waals surface area contributed by atoms with Gasteiger partial charge >= 0.3 is 5.97 Å². The summed E-state index contributed by atoms with van der Waals surface area (Å²) in [6.07, 6.45) is 3.28. The first-order valence-corrected chi connectivity index (χ1v) is 5.78. The van der Waals surface area contributed by atoms with Crippen LogP contribution in [0.15, 0.2) is 42.3 Å². The number of aromatic amines is 1. The Morgan fingerprint density at radius 3 is 3.00 bits per heavy atom. The number of carbonyl (C=O) groups is 1. The van der Waals surface area contributed by atoms with Gasteiger partial charge in [-0.2, -0.15) is 0 Å². The van der Waals surface area contributed by atoms with Crippen molar-refractivity contribution >= 4 is 16.9 Å². The maximum atomic E-state index is 11.4. The van der Waals surface area contributed by atoms with Gasteiger partial charge in [0.2, 0.25) is 0 Å². The van der Waals surface area contributed by atoms with Crippen LogP contribution in [-0.2, 0) is 9.53 Å². The number of carbonyl (C=O) groups excluding carboxylic acids is 1. The van der Waals surface area contributed by atoms with Gasteiger partial charge in [0.25, 0.3) is 0 Å². The maximum absolute atomic E-state index is 11.4. The Morgan fingerprint density at radius 2 is 2.22 bits per heavy atom. The largest absolute Gasteiger partial charge is 0.464 e. The lowest BCUT2D eigenvalue weighted by atomic mass is 10.2. The van der Waals surface area contributed by atoms with Crippen molar-refractivity contribution in [1.29, 1.82) is 0 Å². The molecule has 4 heteroatoms. The number of fused-ring (bicyclic) bond motifs is 1. The molecule has 0 aliphatic rings. The Kier molecular flexibility index (Phi) is 3.67. The monoisotopic (exact) mass is 245 g/mol. The van der Waals surface area contributed by atoms with Crippen LogP contribution in [0.2, 0.25) is 0 Å². The number of hydrogen-bond acceptors (Lipinski definition) is 3. The Labute approximate surface area is 105 Å². The third-order valence-electron chi connectivity index (χ3n) is 2.49. The number of H-pyrrole nitrogens is 1. The Balaban J connectivity index is 2.09. The van der Waals surface area contributed by atoms with Crippen LogP contribution in [0.1, 0.15) is 13.8 Å². The highest BCUT2D eigenvalue weighted by atomic mass is 16.5. The van der Waals surface area contributed by atoms with E-state index in [1.165, 1.54) is 6.26 Å². The molecule has 1 aromatic carbocycles. The van der Waals surface area contributed by atoms with E-state index in [2.05, 4.69) is 4.98 Å². The smallest absolute Gasteiger partial charge is 0.336 e. The zero-order chi connectivity index (χ0) is 13.0. The molecule has 0 bridgehead atoms.